The van der Waals surface area contributed by atoms with Crippen LogP contribution in [0.2, 0.25) is 0 Å². The Kier molecular flexibility index (Phi) is 7.27. The Balaban J connectivity index is 1.58. The minimum absolute atomic E-state index is 0.0724. The van der Waals surface area contributed by atoms with E-state index in [9.17, 15) is 9.59 Å². The quantitative estimate of drug-likeness (QED) is 0.541. The van der Waals surface area contributed by atoms with Crippen LogP contribution < -0.4 is 4.74 Å². The number of carbonyl (C=O) groups is 2. The lowest BCUT2D eigenvalue weighted by Crippen LogP contribution is -2.52. The maximum atomic E-state index is 13.6. The van der Waals surface area contributed by atoms with Crippen LogP contribution in [0.15, 0.2) is 60.8 Å². The molecular formula is C26H31N5O3. The van der Waals surface area contributed by atoms with Gasteiger partial charge in [0.1, 0.15) is 11.4 Å². The van der Waals surface area contributed by atoms with Gasteiger partial charge in [0.05, 0.1) is 25.8 Å². The largest absolute Gasteiger partial charge is 0.497 e. The van der Waals surface area contributed by atoms with Gasteiger partial charge in [-0.15, -0.1) is 0 Å². The highest BCUT2D eigenvalue weighted by Gasteiger charge is 2.28. The molecule has 0 unspecified atom stereocenters. The van der Waals surface area contributed by atoms with E-state index in [1.165, 1.54) is 0 Å². The Bertz CT molecular complexity index is 1130. The molecule has 0 atom stereocenters. The number of carbonyl (C=O) groups excluding carboxylic acids is 2. The van der Waals surface area contributed by atoms with Crippen molar-refractivity contribution in [3.63, 3.8) is 0 Å². The Hall–Kier alpha value is -3.65. The van der Waals surface area contributed by atoms with E-state index in [1.54, 1.807) is 7.11 Å². The smallest absolute Gasteiger partial charge is 0.257 e. The fourth-order valence-electron chi connectivity index (χ4n) is 4.11. The molecule has 0 aliphatic carbocycles. The molecule has 8 heteroatoms. The summed E-state index contributed by atoms with van der Waals surface area (Å²) in [4.78, 5) is 31.5. The molecule has 1 fully saturated rings. The number of methoxy groups -OCH3 is 1. The van der Waals surface area contributed by atoms with Crippen LogP contribution in [-0.2, 0) is 11.3 Å². The number of amides is 2. The molecule has 1 aromatic heterocycles. The van der Waals surface area contributed by atoms with Crippen molar-refractivity contribution in [3.8, 4) is 17.0 Å². The Morgan fingerprint density at radius 2 is 1.68 bits per heavy atom. The van der Waals surface area contributed by atoms with Crippen LogP contribution in [0.1, 0.15) is 15.9 Å². The van der Waals surface area contributed by atoms with Crippen LogP contribution in [0.4, 0.5) is 0 Å². The molecule has 0 bridgehead atoms. The zero-order chi connectivity index (χ0) is 24.1. The van der Waals surface area contributed by atoms with Crippen LogP contribution in [0.25, 0.3) is 11.3 Å². The first-order valence-corrected chi connectivity index (χ1v) is 11.4. The fourth-order valence-corrected chi connectivity index (χ4v) is 4.11. The highest BCUT2D eigenvalue weighted by molar-refractivity contribution is 6.00. The minimum Gasteiger partial charge on any atom is -0.497 e. The first-order chi connectivity index (χ1) is 16.4. The second-order valence-corrected chi connectivity index (χ2v) is 8.72. The molecule has 34 heavy (non-hydrogen) atoms. The standard InChI is InChI=1S/C26H31N5O3/c1-28(2)19-24(32)29-12-14-30(15-13-29)26(33)23-18-31(17-20-8-5-4-6-9-20)27-25(23)21-10-7-11-22(16-21)34-3/h4-11,16,18H,12-15,17,19H2,1-3H3. The number of nitrogens with zero attached hydrogens (tertiary/aromatic N) is 5. The Morgan fingerprint density at radius 3 is 2.35 bits per heavy atom. The summed E-state index contributed by atoms with van der Waals surface area (Å²) in [6.07, 6.45) is 1.83. The predicted octanol–water partition coefficient (Wildman–Crippen LogP) is 2.45. The molecule has 0 saturated carbocycles. The summed E-state index contributed by atoms with van der Waals surface area (Å²) in [6.45, 7) is 3.01. The van der Waals surface area contributed by atoms with Crippen molar-refractivity contribution < 1.29 is 14.3 Å². The molecule has 0 N–H and O–H groups in total. The van der Waals surface area contributed by atoms with Gasteiger partial charge in [-0.3, -0.25) is 14.3 Å². The molecule has 178 valence electrons. The summed E-state index contributed by atoms with van der Waals surface area (Å²) in [5.41, 5.74) is 3.12. The number of rotatable bonds is 7. The maximum absolute atomic E-state index is 13.6. The summed E-state index contributed by atoms with van der Waals surface area (Å²) >= 11 is 0. The molecule has 1 saturated heterocycles. The van der Waals surface area contributed by atoms with Crippen LogP contribution in [-0.4, -0.2) is 90.2 Å². The van der Waals surface area contributed by atoms with Crippen molar-refractivity contribution in [2.45, 2.75) is 6.54 Å². The van der Waals surface area contributed by atoms with Gasteiger partial charge in [-0.2, -0.15) is 5.10 Å². The molecule has 1 aliphatic rings. The van der Waals surface area contributed by atoms with Crippen LogP contribution in [0.5, 0.6) is 5.75 Å². The van der Waals surface area contributed by atoms with Crippen LogP contribution in [0, 0.1) is 0 Å². The molecule has 0 spiro atoms. The number of hydrogen-bond donors (Lipinski definition) is 0. The van der Waals surface area contributed by atoms with Crippen LogP contribution in [0.3, 0.4) is 0 Å². The third kappa shape index (κ3) is 5.46. The topological polar surface area (TPSA) is 70.9 Å². The summed E-state index contributed by atoms with van der Waals surface area (Å²) < 4.78 is 7.20. The van der Waals surface area contributed by atoms with Crippen molar-refractivity contribution in [2.24, 2.45) is 0 Å². The van der Waals surface area contributed by atoms with Gasteiger partial charge in [-0.1, -0.05) is 42.5 Å². The molecule has 8 nitrogen and oxygen atoms in total. The number of piperazine rings is 1. The van der Waals surface area contributed by atoms with E-state index in [0.717, 1.165) is 11.1 Å². The molecule has 2 heterocycles. The first-order valence-electron chi connectivity index (χ1n) is 11.4. The number of likely N-dealkylation sites (N-methyl/N-ethyl adjacent to an activating group) is 1. The lowest BCUT2D eigenvalue weighted by molar-refractivity contribution is -0.133. The van der Waals surface area contributed by atoms with Crippen molar-refractivity contribution in [1.29, 1.82) is 0 Å². The molecule has 1 aliphatic heterocycles. The van der Waals surface area contributed by atoms with E-state index in [-0.39, 0.29) is 11.8 Å². The number of benzene rings is 2. The number of ether oxygens (including phenoxy) is 1. The van der Waals surface area contributed by atoms with Gasteiger partial charge in [0.15, 0.2) is 0 Å². The van der Waals surface area contributed by atoms with E-state index >= 15 is 0 Å². The average molecular weight is 462 g/mol. The summed E-state index contributed by atoms with van der Waals surface area (Å²) in [6, 6.07) is 17.6. The summed E-state index contributed by atoms with van der Waals surface area (Å²) in [5.74, 6) is 0.725. The van der Waals surface area contributed by atoms with Gasteiger partial charge >= 0.3 is 0 Å². The lowest BCUT2D eigenvalue weighted by atomic mass is 10.1. The second-order valence-electron chi connectivity index (χ2n) is 8.72. The van der Waals surface area contributed by atoms with Gasteiger partial charge in [0.2, 0.25) is 5.91 Å². The third-order valence-electron chi connectivity index (χ3n) is 5.89. The fraction of sp³-hybridized carbons (Fsp3) is 0.346. The predicted molar refractivity (Wildman–Crippen MR) is 131 cm³/mol. The lowest BCUT2D eigenvalue weighted by Gasteiger charge is -2.35. The first kappa shape index (κ1) is 23.5. The van der Waals surface area contributed by atoms with Crippen molar-refractivity contribution in [3.05, 3.63) is 71.9 Å². The average Bonchev–Trinajstić information content (AvgIpc) is 3.27. The van der Waals surface area contributed by atoms with E-state index in [4.69, 9.17) is 9.84 Å². The highest BCUT2D eigenvalue weighted by atomic mass is 16.5. The zero-order valence-electron chi connectivity index (χ0n) is 20.0. The van der Waals surface area contributed by atoms with Gasteiger partial charge < -0.3 is 19.4 Å². The molecule has 0 radical (unpaired) electrons. The van der Waals surface area contributed by atoms with Gasteiger partial charge in [0, 0.05) is 37.9 Å². The van der Waals surface area contributed by atoms with Crippen molar-refractivity contribution >= 4 is 11.8 Å². The van der Waals surface area contributed by atoms with E-state index in [0.29, 0.717) is 56.3 Å². The summed E-state index contributed by atoms with van der Waals surface area (Å²) in [5, 5.41) is 4.79. The Labute approximate surface area is 200 Å². The van der Waals surface area contributed by atoms with E-state index in [1.807, 2.05) is 94.3 Å². The Morgan fingerprint density at radius 1 is 0.971 bits per heavy atom. The summed E-state index contributed by atoms with van der Waals surface area (Å²) in [7, 11) is 5.38. The second kappa shape index (κ2) is 10.5. The van der Waals surface area contributed by atoms with Gasteiger partial charge in [-0.05, 0) is 31.8 Å². The van der Waals surface area contributed by atoms with Gasteiger partial charge in [0.25, 0.3) is 5.91 Å². The highest BCUT2D eigenvalue weighted by Crippen LogP contribution is 2.27. The molecule has 3 aromatic rings. The van der Waals surface area contributed by atoms with Crippen LogP contribution >= 0.6 is 0 Å². The van der Waals surface area contributed by atoms with Crippen molar-refractivity contribution in [1.82, 2.24) is 24.5 Å². The number of aromatic nitrogens is 2. The van der Waals surface area contributed by atoms with Gasteiger partial charge in [-0.25, -0.2) is 0 Å². The monoisotopic (exact) mass is 461 g/mol. The molecular weight excluding hydrogens is 430 g/mol. The van der Waals surface area contributed by atoms with E-state index < -0.39 is 0 Å². The maximum Gasteiger partial charge on any atom is 0.257 e. The molecule has 2 aromatic carbocycles. The molecule has 2 amide bonds. The minimum atomic E-state index is -0.0724. The van der Waals surface area contributed by atoms with Crippen molar-refractivity contribution in [2.75, 3.05) is 53.9 Å². The number of hydrogen-bond acceptors (Lipinski definition) is 5. The third-order valence-corrected chi connectivity index (χ3v) is 5.89. The van der Waals surface area contributed by atoms with E-state index in [2.05, 4.69) is 0 Å². The SMILES string of the molecule is COc1cccc(-c2nn(Cc3ccccc3)cc2C(=O)N2CCN(C(=O)CN(C)C)CC2)c1. The normalized spacial score (nSPS) is 13.9. The zero-order valence-corrected chi connectivity index (χ0v) is 20.0. The molecule has 4 rings (SSSR count).